The number of hydrogen-bond acceptors (Lipinski definition) is 5. The number of hydrogen-bond donors (Lipinski definition) is 1. The zero-order chi connectivity index (χ0) is 18.4. The van der Waals surface area contributed by atoms with Crippen molar-refractivity contribution in [1.82, 2.24) is 0 Å². The molecule has 0 spiro atoms. The monoisotopic (exact) mass is 383 g/mol. The molecule has 0 bridgehead atoms. The van der Waals surface area contributed by atoms with Crippen molar-refractivity contribution in [3.05, 3.63) is 52.0 Å². The van der Waals surface area contributed by atoms with Gasteiger partial charge in [-0.15, -0.1) is 0 Å². The van der Waals surface area contributed by atoms with E-state index in [0.717, 1.165) is 0 Å². The highest BCUT2D eigenvalue weighted by Crippen LogP contribution is 2.29. The Balaban J connectivity index is 2.05. The molecule has 0 fully saturated rings. The van der Waals surface area contributed by atoms with Crippen molar-refractivity contribution in [2.75, 3.05) is 26.1 Å². The number of halogens is 2. The number of amides is 1. The second-order valence-corrected chi connectivity index (χ2v) is 5.63. The quantitative estimate of drug-likeness (QED) is 0.767. The second-order valence-electron chi connectivity index (χ2n) is 4.79. The van der Waals surface area contributed by atoms with Crippen LogP contribution >= 0.6 is 23.2 Å². The summed E-state index contributed by atoms with van der Waals surface area (Å²) >= 11 is 11.8. The van der Waals surface area contributed by atoms with Crippen LogP contribution in [0.15, 0.2) is 36.4 Å². The van der Waals surface area contributed by atoms with E-state index in [9.17, 15) is 9.59 Å². The number of anilines is 1. The van der Waals surface area contributed by atoms with E-state index in [0.29, 0.717) is 15.7 Å². The molecule has 0 aromatic heterocycles. The van der Waals surface area contributed by atoms with Crippen LogP contribution in [0.2, 0.25) is 10.0 Å². The minimum atomic E-state index is -0.748. The maximum Gasteiger partial charge on any atom is 0.346 e. The van der Waals surface area contributed by atoms with Gasteiger partial charge in [0.15, 0.2) is 6.61 Å². The van der Waals surface area contributed by atoms with Gasteiger partial charge in [-0.25, -0.2) is 4.79 Å². The summed E-state index contributed by atoms with van der Waals surface area (Å²) in [6, 6.07) is 9.48. The van der Waals surface area contributed by atoms with E-state index >= 15 is 0 Å². The van der Waals surface area contributed by atoms with E-state index in [1.165, 1.54) is 20.3 Å². The van der Waals surface area contributed by atoms with E-state index in [2.05, 4.69) is 5.32 Å². The minimum absolute atomic E-state index is 0.0982. The Kier molecular flexibility index (Phi) is 6.50. The van der Waals surface area contributed by atoms with Gasteiger partial charge in [-0.2, -0.15) is 0 Å². The van der Waals surface area contributed by atoms with Crippen LogP contribution in [0, 0.1) is 0 Å². The average Bonchev–Trinajstić information content (AvgIpc) is 2.61. The Morgan fingerprint density at radius 1 is 1.04 bits per heavy atom. The molecule has 0 unspecified atom stereocenters. The summed E-state index contributed by atoms with van der Waals surface area (Å²) in [6.45, 7) is -0.511. The highest BCUT2D eigenvalue weighted by molar-refractivity contribution is 6.35. The third kappa shape index (κ3) is 4.78. The molecule has 2 aromatic rings. The number of ether oxygens (including phenoxy) is 3. The van der Waals surface area contributed by atoms with E-state index in [1.54, 1.807) is 30.3 Å². The van der Waals surface area contributed by atoms with Gasteiger partial charge in [-0.05, 0) is 30.3 Å². The number of esters is 1. The molecule has 0 saturated heterocycles. The lowest BCUT2D eigenvalue weighted by atomic mass is 10.2. The van der Waals surface area contributed by atoms with E-state index in [-0.39, 0.29) is 17.1 Å². The van der Waals surface area contributed by atoms with Crippen molar-refractivity contribution in [2.45, 2.75) is 0 Å². The van der Waals surface area contributed by atoms with Crippen molar-refractivity contribution in [2.24, 2.45) is 0 Å². The first-order valence-corrected chi connectivity index (χ1v) is 7.85. The second kappa shape index (κ2) is 8.60. The van der Waals surface area contributed by atoms with Gasteiger partial charge in [0.05, 0.1) is 24.9 Å². The van der Waals surface area contributed by atoms with Crippen molar-refractivity contribution in [3.8, 4) is 11.5 Å². The van der Waals surface area contributed by atoms with Crippen LogP contribution in [0.5, 0.6) is 11.5 Å². The van der Waals surface area contributed by atoms with Crippen molar-refractivity contribution < 1.29 is 23.8 Å². The van der Waals surface area contributed by atoms with Gasteiger partial charge in [-0.3, -0.25) is 4.79 Å². The van der Waals surface area contributed by atoms with Crippen LogP contribution in [0.1, 0.15) is 10.4 Å². The first kappa shape index (κ1) is 18.9. The molecule has 0 saturated carbocycles. The smallest absolute Gasteiger partial charge is 0.346 e. The summed E-state index contributed by atoms with van der Waals surface area (Å²) in [5, 5.41) is 3.25. The van der Waals surface area contributed by atoms with Gasteiger partial charge in [-0.1, -0.05) is 29.3 Å². The predicted molar refractivity (Wildman–Crippen MR) is 94.9 cm³/mol. The van der Waals surface area contributed by atoms with Crippen LogP contribution in [-0.2, 0) is 9.53 Å². The molecule has 8 heteroatoms. The standard InChI is InChI=1S/C17H15Cl2NO5/c1-23-13-4-3-5-14(24-2)16(13)17(22)25-9-15(21)20-12-8-10(18)6-7-11(12)19/h3-8H,9H2,1-2H3,(H,20,21). The fourth-order valence-corrected chi connectivity index (χ4v) is 2.37. The lowest BCUT2D eigenvalue weighted by Crippen LogP contribution is -2.21. The Morgan fingerprint density at radius 2 is 1.68 bits per heavy atom. The molecule has 0 atom stereocenters. The summed E-state index contributed by atoms with van der Waals surface area (Å²) in [7, 11) is 2.83. The molecule has 1 amide bonds. The maximum atomic E-state index is 12.3. The molecular weight excluding hydrogens is 369 g/mol. The Labute approximate surface area is 154 Å². The first-order chi connectivity index (χ1) is 12.0. The SMILES string of the molecule is COc1cccc(OC)c1C(=O)OCC(=O)Nc1cc(Cl)ccc1Cl. The normalized spacial score (nSPS) is 10.1. The summed E-state index contributed by atoms with van der Waals surface area (Å²) in [5.74, 6) is -0.752. The maximum absolute atomic E-state index is 12.3. The zero-order valence-corrected chi connectivity index (χ0v) is 15.0. The Hall–Kier alpha value is -2.44. The van der Waals surface area contributed by atoms with Crippen molar-refractivity contribution >= 4 is 40.8 Å². The first-order valence-electron chi connectivity index (χ1n) is 7.09. The highest BCUT2D eigenvalue weighted by atomic mass is 35.5. The molecule has 2 rings (SSSR count). The number of benzene rings is 2. The molecule has 6 nitrogen and oxygen atoms in total. The molecule has 0 aliphatic carbocycles. The number of rotatable bonds is 6. The minimum Gasteiger partial charge on any atom is -0.496 e. The summed E-state index contributed by atoms with van der Waals surface area (Å²) in [5.41, 5.74) is 0.422. The summed E-state index contributed by atoms with van der Waals surface area (Å²) in [4.78, 5) is 24.2. The Morgan fingerprint density at radius 3 is 2.28 bits per heavy atom. The fraction of sp³-hybridized carbons (Fsp3) is 0.176. The van der Waals surface area contributed by atoms with Gasteiger partial charge in [0.25, 0.3) is 5.91 Å². The predicted octanol–water partition coefficient (Wildman–Crippen LogP) is 3.81. The number of carbonyl (C=O) groups is 2. The Bertz CT molecular complexity index is 772. The molecule has 2 aromatic carbocycles. The largest absolute Gasteiger partial charge is 0.496 e. The summed E-state index contributed by atoms with van der Waals surface area (Å²) < 4.78 is 15.3. The molecule has 0 heterocycles. The van der Waals surface area contributed by atoms with Crippen LogP contribution in [0.3, 0.4) is 0 Å². The third-order valence-electron chi connectivity index (χ3n) is 3.17. The van der Waals surface area contributed by atoms with Gasteiger partial charge in [0.1, 0.15) is 17.1 Å². The topological polar surface area (TPSA) is 73.9 Å². The lowest BCUT2D eigenvalue weighted by Gasteiger charge is -2.12. The van der Waals surface area contributed by atoms with E-state index in [4.69, 9.17) is 37.4 Å². The number of methoxy groups -OCH3 is 2. The number of nitrogens with one attached hydrogen (secondary N) is 1. The number of carbonyl (C=O) groups excluding carboxylic acids is 2. The highest BCUT2D eigenvalue weighted by Gasteiger charge is 2.20. The zero-order valence-electron chi connectivity index (χ0n) is 13.5. The van der Waals surface area contributed by atoms with Gasteiger partial charge in [0.2, 0.25) is 0 Å². The molecule has 0 aliphatic heterocycles. The third-order valence-corrected chi connectivity index (χ3v) is 3.73. The van der Waals surface area contributed by atoms with Crippen molar-refractivity contribution in [1.29, 1.82) is 0 Å². The average molecular weight is 384 g/mol. The molecule has 132 valence electrons. The summed E-state index contributed by atoms with van der Waals surface area (Å²) in [6.07, 6.45) is 0. The molecule has 1 N–H and O–H groups in total. The van der Waals surface area contributed by atoms with Gasteiger partial charge >= 0.3 is 5.97 Å². The van der Waals surface area contributed by atoms with E-state index in [1.807, 2.05) is 0 Å². The fourth-order valence-electron chi connectivity index (χ4n) is 2.04. The molecule has 0 aliphatic rings. The van der Waals surface area contributed by atoms with Gasteiger partial charge < -0.3 is 19.5 Å². The molecule has 25 heavy (non-hydrogen) atoms. The van der Waals surface area contributed by atoms with Crippen LogP contribution in [-0.4, -0.2) is 32.7 Å². The lowest BCUT2D eigenvalue weighted by molar-refractivity contribution is -0.119. The van der Waals surface area contributed by atoms with Crippen LogP contribution in [0.25, 0.3) is 0 Å². The molecular formula is C17H15Cl2NO5. The molecule has 0 radical (unpaired) electrons. The van der Waals surface area contributed by atoms with Crippen molar-refractivity contribution in [3.63, 3.8) is 0 Å². The van der Waals surface area contributed by atoms with E-state index < -0.39 is 18.5 Å². The van der Waals surface area contributed by atoms with Crippen LogP contribution < -0.4 is 14.8 Å². The van der Waals surface area contributed by atoms with Crippen LogP contribution in [0.4, 0.5) is 5.69 Å². The van der Waals surface area contributed by atoms with Gasteiger partial charge in [0, 0.05) is 5.02 Å².